The van der Waals surface area contributed by atoms with Crippen molar-refractivity contribution in [1.82, 2.24) is 0 Å². The summed E-state index contributed by atoms with van der Waals surface area (Å²) in [5.41, 5.74) is 0. The van der Waals surface area contributed by atoms with Gasteiger partial charge in [0, 0.05) is 0 Å². The van der Waals surface area contributed by atoms with Gasteiger partial charge in [-0.25, -0.2) is 0 Å². The first-order chi connectivity index (χ1) is 2.97. The molecule has 0 heteroatoms. The van der Waals surface area contributed by atoms with Gasteiger partial charge >= 0.3 is 0 Å². The fraction of sp³-hybridized carbons (Fsp3) is 1.00. The Labute approximate surface area is 38.6 Å². The van der Waals surface area contributed by atoms with Crippen molar-refractivity contribution >= 4 is 0 Å². The second kappa shape index (κ2) is 0.800. The normalized spacial score (nSPS) is 52.0. The van der Waals surface area contributed by atoms with Gasteiger partial charge in [-0.05, 0) is 18.3 Å². The topological polar surface area (TPSA) is 0 Å². The predicted octanol–water partition coefficient (Wildman–Crippen LogP) is 1.81. The van der Waals surface area contributed by atoms with E-state index in [4.69, 9.17) is 0 Å². The van der Waals surface area contributed by atoms with Crippen LogP contribution in [0.1, 0.15) is 25.7 Å². The lowest BCUT2D eigenvalue weighted by Crippen LogP contribution is -1.64. The van der Waals surface area contributed by atoms with Crippen LogP contribution in [0.15, 0.2) is 0 Å². The molecule has 0 heterocycles. The molecule has 0 aromatic carbocycles. The Morgan fingerprint density at radius 3 is 1.83 bits per heavy atom. The molecule has 0 aromatic heterocycles. The smallest absolute Gasteiger partial charge is 0.0383 e. The van der Waals surface area contributed by atoms with Crippen LogP contribution in [-0.2, 0) is 0 Å². The first-order valence-corrected chi connectivity index (χ1v) is 2.97. The van der Waals surface area contributed by atoms with Gasteiger partial charge in [0.05, 0.1) is 0 Å². The fourth-order valence-corrected chi connectivity index (χ4v) is 1.66. The number of fused-ring (bicyclic) bond motifs is 1. The number of rotatable bonds is 0. The molecule has 0 N–H and O–H groups in total. The highest BCUT2D eigenvalue weighted by Gasteiger charge is 2.40. The van der Waals surface area contributed by atoms with Gasteiger partial charge in [-0.3, -0.25) is 0 Å². The van der Waals surface area contributed by atoms with Gasteiger partial charge in [0.1, 0.15) is 0 Å². The third kappa shape index (κ3) is 0.250. The summed E-state index contributed by atoms with van der Waals surface area (Å²) in [5.74, 6) is 2.43. The summed E-state index contributed by atoms with van der Waals surface area (Å²) in [7, 11) is 0. The van der Waals surface area contributed by atoms with E-state index in [1.807, 2.05) is 0 Å². The van der Waals surface area contributed by atoms with Crippen molar-refractivity contribution in [2.45, 2.75) is 25.7 Å². The van der Waals surface area contributed by atoms with Gasteiger partial charge in [0.15, 0.2) is 0 Å². The van der Waals surface area contributed by atoms with E-state index in [1.54, 1.807) is 19.3 Å². The molecule has 34 valence electrons. The minimum atomic E-state index is 1.21. The summed E-state index contributed by atoms with van der Waals surface area (Å²) in [6, 6.07) is 0. The van der Waals surface area contributed by atoms with Crippen LogP contribution >= 0.6 is 0 Å². The first kappa shape index (κ1) is 3.06. The van der Waals surface area contributed by atoms with E-state index in [9.17, 15) is 0 Å². The number of hydrogen-bond donors (Lipinski definition) is 0. The lowest BCUT2D eigenvalue weighted by molar-refractivity contribution is 0.735. The van der Waals surface area contributed by atoms with Gasteiger partial charge in [-0.1, -0.05) is 19.3 Å². The van der Waals surface area contributed by atoms with Crippen LogP contribution in [0, 0.1) is 11.8 Å². The Morgan fingerprint density at radius 1 is 1.00 bits per heavy atom. The second-order valence-electron chi connectivity index (χ2n) is 2.69. The van der Waals surface area contributed by atoms with Crippen molar-refractivity contribution in [3.05, 3.63) is 0 Å². The van der Waals surface area contributed by atoms with Crippen molar-refractivity contribution in [2.24, 2.45) is 11.8 Å². The molecule has 0 amide bonds. The zero-order valence-electron chi connectivity index (χ0n) is 3.98. The van der Waals surface area contributed by atoms with Crippen LogP contribution in [0.25, 0.3) is 0 Å². The highest BCUT2D eigenvalue weighted by Crippen LogP contribution is 2.51. The lowest BCUT2D eigenvalue weighted by atomic mass is 10.3. The van der Waals surface area contributed by atoms with Gasteiger partial charge in [-0.15, -0.1) is 0 Å². The molecule has 2 fully saturated rings. The first-order valence-electron chi connectivity index (χ1n) is 2.97. The maximum absolute atomic E-state index is 1.58. The molecule has 2 saturated carbocycles. The summed E-state index contributed by atoms with van der Waals surface area (Å²) in [6.07, 6.45) is 6.24. The van der Waals surface area contributed by atoms with Crippen molar-refractivity contribution in [1.29, 1.82) is 0 Å². The highest BCUT2D eigenvalue weighted by molar-refractivity contribution is 4.91. The molecule has 0 saturated heterocycles. The molecule has 0 spiro atoms. The van der Waals surface area contributed by atoms with E-state index in [2.05, 4.69) is 0 Å². The van der Waals surface area contributed by atoms with Crippen LogP contribution in [0.5, 0.6) is 0 Å². The van der Waals surface area contributed by atoms with Gasteiger partial charge in [0.2, 0.25) is 0 Å². The Balaban J connectivity index is 2.09. The Kier molecular flexibility index (Phi) is 0.408. The van der Waals surface area contributed by atoms with E-state index in [-0.39, 0.29) is 0 Å². The second-order valence-corrected chi connectivity index (χ2v) is 2.69. The highest BCUT2D eigenvalue weighted by atomic mass is 14.5. The molecule has 2 aliphatic rings. The van der Waals surface area contributed by atoms with E-state index >= 15 is 0 Å². The largest absolute Gasteiger partial charge is 0.0528 e. The van der Waals surface area contributed by atoms with Gasteiger partial charge < -0.3 is 0 Å². The molecule has 0 bridgehead atoms. The third-order valence-corrected chi connectivity index (χ3v) is 2.22. The standard InChI is InChI=1S/C6H10/c1-2-5-4-6(5)3-1/h5-6H,1-4H2/t5-,6+. The minimum Gasteiger partial charge on any atom is -0.0528 e. The van der Waals surface area contributed by atoms with Crippen LogP contribution in [0.2, 0.25) is 0 Å². The van der Waals surface area contributed by atoms with E-state index in [0.717, 1.165) is 0 Å². The summed E-state index contributed by atoms with van der Waals surface area (Å²) in [6.45, 7) is 0. The third-order valence-electron chi connectivity index (χ3n) is 2.22. The molecular formula is C6H10. The van der Waals surface area contributed by atoms with Crippen LogP contribution in [0.3, 0.4) is 0 Å². The van der Waals surface area contributed by atoms with Crippen LogP contribution in [0.4, 0.5) is 0 Å². The molecular weight excluding hydrogens is 72.1 g/mol. The molecule has 2 rings (SSSR count). The van der Waals surface area contributed by atoms with Gasteiger partial charge in [0.25, 0.3) is 0 Å². The van der Waals surface area contributed by atoms with Crippen LogP contribution < -0.4 is 0 Å². The molecule has 0 nitrogen and oxygen atoms in total. The Hall–Kier alpha value is 0. The molecule has 0 radical (unpaired) electrons. The quantitative estimate of drug-likeness (QED) is 0.418. The maximum atomic E-state index is 1.58. The molecule has 2 atom stereocenters. The van der Waals surface area contributed by atoms with Crippen molar-refractivity contribution in [3.63, 3.8) is 0 Å². The maximum Gasteiger partial charge on any atom is -0.0383 e. The lowest BCUT2D eigenvalue weighted by Gasteiger charge is -1.80. The van der Waals surface area contributed by atoms with Gasteiger partial charge in [-0.2, -0.15) is 0 Å². The average Bonchev–Trinajstić information content (AvgIpc) is 2.17. The monoisotopic (exact) mass is 82.1 g/mol. The van der Waals surface area contributed by atoms with Crippen molar-refractivity contribution in [2.75, 3.05) is 0 Å². The Morgan fingerprint density at radius 2 is 1.67 bits per heavy atom. The summed E-state index contributed by atoms with van der Waals surface area (Å²) < 4.78 is 0. The van der Waals surface area contributed by atoms with Crippen molar-refractivity contribution in [3.8, 4) is 0 Å². The minimum absolute atomic E-state index is 1.21. The molecule has 6 heavy (non-hydrogen) atoms. The van der Waals surface area contributed by atoms with E-state index in [0.29, 0.717) is 0 Å². The number of hydrogen-bond acceptors (Lipinski definition) is 0. The SMILES string of the molecule is C1C[C@@H]2C[C@@H]2C1. The Bertz CT molecular complexity index is 58.4. The van der Waals surface area contributed by atoms with Crippen LogP contribution in [-0.4, -0.2) is 0 Å². The average molecular weight is 82.1 g/mol. The summed E-state index contributed by atoms with van der Waals surface area (Å²) in [5, 5.41) is 0. The molecule has 0 aromatic rings. The summed E-state index contributed by atoms with van der Waals surface area (Å²) in [4.78, 5) is 0. The predicted molar refractivity (Wildman–Crippen MR) is 25.4 cm³/mol. The fourth-order valence-electron chi connectivity index (χ4n) is 1.66. The summed E-state index contributed by atoms with van der Waals surface area (Å²) >= 11 is 0. The molecule has 2 aliphatic carbocycles. The van der Waals surface area contributed by atoms with E-state index < -0.39 is 0 Å². The van der Waals surface area contributed by atoms with E-state index in [1.165, 1.54) is 18.3 Å². The zero-order chi connectivity index (χ0) is 3.98. The van der Waals surface area contributed by atoms with Crippen molar-refractivity contribution < 1.29 is 0 Å². The molecule has 0 aliphatic heterocycles. The zero-order valence-corrected chi connectivity index (χ0v) is 3.98. The molecule has 0 unspecified atom stereocenters.